The van der Waals surface area contributed by atoms with E-state index in [1.807, 2.05) is 6.92 Å². The van der Waals surface area contributed by atoms with Crippen molar-refractivity contribution in [2.24, 2.45) is 5.73 Å². The third-order valence-corrected chi connectivity index (χ3v) is 4.71. The number of thiophene rings is 1. The molecule has 0 amide bonds. The van der Waals surface area contributed by atoms with Gasteiger partial charge in [0.25, 0.3) is 0 Å². The molecule has 0 fully saturated rings. The molecule has 1 atom stereocenters. The Labute approximate surface area is 105 Å². The number of thiazole rings is 1. The van der Waals surface area contributed by atoms with Crippen molar-refractivity contribution in [2.45, 2.75) is 19.4 Å². The van der Waals surface area contributed by atoms with E-state index in [0.29, 0.717) is 0 Å². The minimum atomic E-state index is 0.0344. The van der Waals surface area contributed by atoms with Crippen molar-refractivity contribution in [3.05, 3.63) is 36.9 Å². The molecule has 1 unspecified atom stereocenters. The Morgan fingerprint density at radius 1 is 1.47 bits per heavy atom. The molecule has 2 heterocycles. The lowest BCUT2D eigenvalue weighted by Gasteiger charge is -2.08. The largest absolute Gasteiger partial charge is 0.324 e. The van der Waals surface area contributed by atoms with Crippen molar-refractivity contribution in [1.29, 1.82) is 0 Å². The number of rotatable bonds is 3. The highest BCUT2D eigenvalue weighted by molar-refractivity contribution is 9.10. The summed E-state index contributed by atoms with van der Waals surface area (Å²) in [5.41, 5.74) is 8.38. The number of aromatic nitrogens is 1. The quantitative estimate of drug-likeness (QED) is 0.942. The molecule has 0 aliphatic rings. The molecule has 0 aliphatic carbocycles. The molecule has 0 aromatic carbocycles. The maximum Gasteiger partial charge on any atom is 0.0897 e. The highest BCUT2D eigenvalue weighted by Crippen LogP contribution is 2.28. The van der Waals surface area contributed by atoms with E-state index in [1.165, 1.54) is 5.56 Å². The monoisotopic (exact) mass is 302 g/mol. The molecular weight excluding hydrogens is 292 g/mol. The number of nitrogens with two attached hydrogens (primary N) is 1. The van der Waals surface area contributed by atoms with Crippen LogP contribution in [0.4, 0.5) is 0 Å². The maximum atomic E-state index is 6.12. The smallest absolute Gasteiger partial charge is 0.0897 e. The van der Waals surface area contributed by atoms with Crippen LogP contribution < -0.4 is 5.73 Å². The van der Waals surface area contributed by atoms with Crippen molar-refractivity contribution in [1.82, 2.24) is 4.98 Å². The van der Waals surface area contributed by atoms with Gasteiger partial charge in [-0.2, -0.15) is 11.3 Å². The number of aryl methyl sites for hydroxylation is 1. The Balaban J connectivity index is 2.10. The Bertz CT molecular complexity index is 450. The lowest BCUT2D eigenvalue weighted by molar-refractivity contribution is 0.709. The van der Waals surface area contributed by atoms with Crippen LogP contribution in [0.5, 0.6) is 0 Å². The van der Waals surface area contributed by atoms with Crippen LogP contribution in [0.1, 0.15) is 22.3 Å². The molecular formula is C10H11BrN2S2. The number of hydrogen-bond donors (Lipinski definition) is 1. The standard InChI is InChI=1S/C10H11BrN2S2/c1-6-13-7(3-15-6)2-10(12)8-4-14-5-9(8)11/h3-5,10H,2,12H2,1H3. The van der Waals surface area contributed by atoms with E-state index in [1.54, 1.807) is 22.7 Å². The summed E-state index contributed by atoms with van der Waals surface area (Å²) in [5, 5.41) is 7.33. The normalized spacial score (nSPS) is 13.0. The summed E-state index contributed by atoms with van der Waals surface area (Å²) in [4.78, 5) is 4.42. The topological polar surface area (TPSA) is 38.9 Å². The molecule has 0 bridgehead atoms. The Kier molecular flexibility index (Phi) is 3.56. The molecule has 80 valence electrons. The second kappa shape index (κ2) is 4.74. The van der Waals surface area contributed by atoms with E-state index in [2.05, 4.69) is 37.1 Å². The SMILES string of the molecule is Cc1nc(CC(N)c2cscc2Br)cs1. The Morgan fingerprint density at radius 3 is 2.80 bits per heavy atom. The summed E-state index contributed by atoms with van der Waals surface area (Å²) in [5.74, 6) is 0. The summed E-state index contributed by atoms with van der Waals surface area (Å²) < 4.78 is 1.10. The average molecular weight is 303 g/mol. The fraction of sp³-hybridized carbons (Fsp3) is 0.300. The van der Waals surface area contributed by atoms with Crippen LogP contribution in [0.2, 0.25) is 0 Å². The van der Waals surface area contributed by atoms with Crippen molar-refractivity contribution in [2.75, 3.05) is 0 Å². The predicted octanol–water partition coefficient (Wildman–Crippen LogP) is 3.52. The summed E-state index contributed by atoms with van der Waals surface area (Å²) in [6, 6.07) is 0.0344. The number of hydrogen-bond acceptors (Lipinski definition) is 4. The van der Waals surface area contributed by atoms with E-state index in [-0.39, 0.29) is 6.04 Å². The number of halogens is 1. The molecule has 2 rings (SSSR count). The van der Waals surface area contributed by atoms with E-state index in [0.717, 1.165) is 21.6 Å². The van der Waals surface area contributed by atoms with Crippen LogP contribution in [0.3, 0.4) is 0 Å². The van der Waals surface area contributed by atoms with Crippen LogP contribution in [-0.2, 0) is 6.42 Å². The highest BCUT2D eigenvalue weighted by Gasteiger charge is 2.12. The van der Waals surface area contributed by atoms with Crippen LogP contribution >= 0.6 is 38.6 Å². The first kappa shape index (κ1) is 11.3. The summed E-state index contributed by atoms with van der Waals surface area (Å²) >= 11 is 6.84. The lowest BCUT2D eigenvalue weighted by atomic mass is 10.1. The molecule has 2 aromatic rings. The van der Waals surface area contributed by atoms with Gasteiger partial charge in [0.1, 0.15) is 0 Å². The van der Waals surface area contributed by atoms with Gasteiger partial charge in [0.05, 0.1) is 10.7 Å². The van der Waals surface area contributed by atoms with Gasteiger partial charge < -0.3 is 5.73 Å². The van der Waals surface area contributed by atoms with Gasteiger partial charge in [-0.25, -0.2) is 4.98 Å². The van der Waals surface area contributed by atoms with Crippen LogP contribution in [-0.4, -0.2) is 4.98 Å². The van der Waals surface area contributed by atoms with Gasteiger partial charge in [-0.05, 0) is 33.8 Å². The van der Waals surface area contributed by atoms with Crippen LogP contribution in [0, 0.1) is 6.92 Å². The molecule has 0 spiro atoms. The molecule has 2 nitrogen and oxygen atoms in total. The van der Waals surface area contributed by atoms with Crippen molar-refractivity contribution < 1.29 is 0 Å². The lowest BCUT2D eigenvalue weighted by Crippen LogP contribution is -2.13. The zero-order valence-electron chi connectivity index (χ0n) is 8.24. The molecule has 0 saturated carbocycles. The van der Waals surface area contributed by atoms with Crippen molar-refractivity contribution in [3.63, 3.8) is 0 Å². The average Bonchev–Trinajstić information content (AvgIpc) is 2.75. The summed E-state index contributed by atoms with van der Waals surface area (Å²) in [6.07, 6.45) is 0.805. The summed E-state index contributed by atoms with van der Waals surface area (Å²) in [7, 11) is 0. The van der Waals surface area contributed by atoms with Gasteiger partial charge in [0.15, 0.2) is 0 Å². The van der Waals surface area contributed by atoms with Crippen LogP contribution in [0.15, 0.2) is 20.6 Å². The van der Waals surface area contributed by atoms with E-state index < -0.39 is 0 Å². The van der Waals surface area contributed by atoms with E-state index in [9.17, 15) is 0 Å². The van der Waals surface area contributed by atoms with E-state index >= 15 is 0 Å². The van der Waals surface area contributed by atoms with Gasteiger partial charge in [0, 0.05) is 27.7 Å². The third kappa shape index (κ3) is 2.66. The van der Waals surface area contributed by atoms with E-state index in [4.69, 9.17) is 5.73 Å². The highest BCUT2D eigenvalue weighted by atomic mass is 79.9. The second-order valence-corrected chi connectivity index (χ2v) is 6.00. The fourth-order valence-electron chi connectivity index (χ4n) is 1.39. The first-order valence-electron chi connectivity index (χ1n) is 4.55. The van der Waals surface area contributed by atoms with Crippen molar-refractivity contribution in [3.8, 4) is 0 Å². The molecule has 0 radical (unpaired) electrons. The number of nitrogens with zero attached hydrogens (tertiary/aromatic N) is 1. The fourth-order valence-corrected chi connectivity index (χ4v) is 3.67. The molecule has 15 heavy (non-hydrogen) atoms. The third-order valence-electron chi connectivity index (χ3n) is 2.14. The first-order valence-corrected chi connectivity index (χ1v) is 7.16. The minimum absolute atomic E-state index is 0.0344. The molecule has 5 heteroatoms. The Hall–Kier alpha value is -0.230. The molecule has 2 aromatic heterocycles. The molecule has 2 N–H and O–H groups in total. The Morgan fingerprint density at radius 2 is 2.27 bits per heavy atom. The van der Waals surface area contributed by atoms with Gasteiger partial charge >= 0.3 is 0 Å². The second-order valence-electron chi connectivity index (χ2n) is 3.34. The van der Waals surface area contributed by atoms with Gasteiger partial charge in [0.2, 0.25) is 0 Å². The minimum Gasteiger partial charge on any atom is -0.324 e. The molecule has 0 saturated heterocycles. The maximum absolute atomic E-state index is 6.12. The van der Waals surface area contributed by atoms with Crippen LogP contribution in [0.25, 0.3) is 0 Å². The van der Waals surface area contributed by atoms with Gasteiger partial charge in [-0.1, -0.05) is 0 Å². The van der Waals surface area contributed by atoms with Crippen molar-refractivity contribution >= 4 is 38.6 Å². The zero-order chi connectivity index (χ0) is 10.8. The first-order chi connectivity index (χ1) is 7.16. The predicted molar refractivity (Wildman–Crippen MR) is 69.5 cm³/mol. The van der Waals surface area contributed by atoms with Gasteiger partial charge in [-0.3, -0.25) is 0 Å². The van der Waals surface area contributed by atoms with Gasteiger partial charge in [-0.15, -0.1) is 11.3 Å². The molecule has 0 aliphatic heterocycles. The zero-order valence-corrected chi connectivity index (χ0v) is 11.5. The summed E-state index contributed by atoms with van der Waals surface area (Å²) in [6.45, 7) is 2.01.